The Bertz CT molecular complexity index is 715. The summed E-state index contributed by atoms with van der Waals surface area (Å²) in [6.45, 7) is 0.516. The Morgan fingerprint density at radius 1 is 1.04 bits per heavy atom. The molecule has 2 aromatic carbocycles. The smallest absolute Gasteiger partial charge is 0.416 e. The number of nitrogens with zero attached hydrogens (tertiary/aromatic N) is 1. The summed E-state index contributed by atoms with van der Waals surface area (Å²) in [5.41, 5.74) is 0.444. The molecular weight excluding hydrogens is 331 g/mol. The highest BCUT2D eigenvalue weighted by atomic mass is 19.4. The van der Waals surface area contributed by atoms with Crippen LogP contribution >= 0.6 is 0 Å². The van der Waals surface area contributed by atoms with Crippen molar-refractivity contribution in [3.8, 4) is 5.75 Å². The van der Waals surface area contributed by atoms with Gasteiger partial charge in [-0.1, -0.05) is 36.4 Å². The zero-order chi connectivity index (χ0) is 18.3. The maximum atomic E-state index is 13.2. The van der Waals surface area contributed by atoms with Gasteiger partial charge in [0.25, 0.3) is 0 Å². The van der Waals surface area contributed by atoms with E-state index in [1.165, 1.54) is 19.2 Å². The maximum Gasteiger partial charge on any atom is 0.416 e. The van der Waals surface area contributed by atoms with Gasteiger partial charge in [0.05, 0.1) is 12.7 Å². The van der Waals surface area contributed by atoms with Gasteiger partial charge in [-0.05, 0) is 23.3 Å². The number of alkyl halides is 3. The molecule has 0 radical (unpaired) electrons. The van der Waals surface area contributed by atoms with Crippen LogP contribution in [-0.2, 0) is 19.3 Å². The summed E-state index contributed by atoms with van der Waals surface area (Å²) >= 11 is 0. The van der Waals surface area contributed by atoms with Gasteiger partial charge >= 0.3 is 6.18 Å². The lowest BCUT2D eigenvalue weighted by Gasteiger charge is -2.16. The van der Waals surface area contributed by atoms with E-state index < -0.39 is 11.7 Å². The van der Waals surface area contributed by atoms with Crippen molar-refractivity contribution in [1.29, 1.82) is 0 Å². The Labute approximate surface area is 144 Å². The number of rotatable bonds is 5. The monoisotopic (exact) mass is 351 g/mol. The highest BCUT2D eigenvalue weighted by Crippen LogP contribution is 2.34. The highest BCUT2D eigenvalue weighted by Gasteiger charge is 2.33. The number of ether oxygens (including phenoxy) is 1. The lowest BCUT2D eigenvalue weighted by Crippen LogP contribution is -2.36. The summed E-state index contributed by atoms with van der Waals surface area (Å²) in [5.74, 6) is 0.593. The average molecular weight is 351 g/mol. The first-order chi connectivity index (χ1) is 11.9. The number of guanidine groups is 1. The first-order valence-corrected chi connectivity index (χ1v) is 7.66. The molecule has 0 amide bonds. The van der Waals surface area contributed by atoms with Gasteiger partial charge in [-0.15, -0.1) is 0 Å². The molecule has 0 aromatic heterocycles. The molecular formula is C18H20F3N3O. The molecule has 0 saturated carbocycles. The average Bonchev–Trinajstić information content (AvgIpc) is 2.62. The summed E-state index contributed by atoms with van der Waals surface area (Å²) in [6, 6.07) is 13.6. The Balaban J connectivity index is 2.04. The van der Waals surface area contributed by atoms with E-state index in [-0.39, 0.29) is 17.9 Å². The van der Waals surface area contributed by atoms with Crippen LogP contribution in [0.15, 0.2) is 53.5 Å². The third-order valence-electron chi connectivity index (χ3n) is 3.60. The second-order valence-electron chi connectivity index (χ2n) is 5.29. The van der Waals surface area contributed by atoms with E-state index in [4.69, 9.17) is 4.74 Å². The number of aliphatic imine (C=N–C) groups is 1. The number of methoxy groups -OCH3 is 1. The molecule has 0 fully saturated rings. The van der Waals surface area contributed by atoms with E-state index in [0.717, 1.165) is 11.6 Å². The predicted molar refractivity (Wildman–Crippen MR) is 91.5 cm³/mol. The van der Waals surface area contributed by atoms with Gasteiger partial charge in [-0.3, -0.25) is 4.99 Å². The highest BCUT2D eigenvalue weighted by molar-refractivity contribution is 5.79. The number of hydrogen-bond acceptors (Lipinski definition) is 2. The van der Waals surface area contributed by atoms with Gasteiger partial charge < -0.3 is 15.4 Å². The van der Waals surface area contributed by atoms with Crippen molar-refractivity contribution >= 4 is 5.96 Å². The van der Waals surface area contributed by atoms with Crippen molar-refractivity contribution < 1.29 is 17.9 Å². The molecule has 0 bridgehead atoms. The largest absolute Gasteiger partial charge is 0.497 e. The Morgan fingerprint density at radius 2 is 1.72 bits per heavy atom. The van der Waals surface area contributed by atoms with E-state index in [9.17, 15) is 13.2 Å². The van der Waals surface area contributed by atoms with Crippen molar-refractivity contribution in [2.75, 3.05) is 14.2 Å². The zero-order valence-corrected chi connectivity index (χ0v) is 14.0. The van der Waals surface area contributed by atoms with E-state index in [0.29, 0.717) is 12.5 Å². The second kappa shape index (κ2) is 8.41. The quantitative estimate of drug-likeness (QED) is 0.639. The van der Waals surface area contributed by atoms with Crippen LogP contribution < -0.4 is 15.4 Å². The van der Waals surface area contributed by atoms with Crippen LogP contribution in [0.3, 0.4) is 0 Å². The number of hydrogen-bond donors (Lipinski definition) is 2. The van der Waals surface area contributed by atoms with Crippen LogP contribution in [0, 0.1) is 0 Å². The second-order valence-corrected chi connectivity index (χ2v) is 5.29. The summed E-state index contributed by atoms with van der Waals surface area (Å²) in [6.07, 6.45) is -4.45. The third kappa shape index (κ3) is 5.41. The van der Waals surface area contributed by atoms with E-state index in [1.807, 2.05) is 30.3 Å². The number of benzene rings is 2. The van der Waals surface area contributed by atoms with E-state index in [1.54, 1.807) is 7.05 Å². The number of nitrogens with one attached hydrogen (secondary N) is 2. The van der Waals surface area contributed by atoms with Crippen LogP contribution in [-0.4, -0.2) is 20.1 Å². The van der Waals surface area contributed by atoms with Crippen LogP contribution in [0.2, 0.25) is 0 Å². The molecule has 0 spiro atoms. The first kappa shape index (κ1) is 18.6. The molecule has 0 atom stereocenters. The predicted octanol–water partition coefficient (Wildman–Crippen LogP) is 3.58. The minimum absolute atomic E-state index is 0.00665. The molecule has 2 rings (SSSR count). The van der Waals surface area contributed by atoms with Crippen LogP contribution in [0.5, 0.6) is 5.75 Å². The van der Waals surface area contributed by atoms with Gasteiger partial charge in [0.15, 0.2) is 5.96 Å². The van der Waals surface area contributed by atoms with Gasteiger partial charge in [0, 0.05) is 20.1 Å². The van der Waals surface area contributed by atoms with Gasteiger partial charge in [0.2, 0.25) is 0 Å². The third-order valence-corrected chi connectivity index (χ3v) is 3.60. The van der Waals surface area contributed by atoms with E-state index >= 15 is 0 Å². The van der Waals surface area contributed by atoms with E-state index in [2.05, 4.69) is 15.6 Å². The first-order valence-electron chi connectivity index (χ1n) is 7.66. The lowest BCUT2D eigenvalue weighted by atomic mass is 10.1. The van der Waals surface area contributed by atoms with Crippen molar-refractivity contribution in [1.82, 2.24) is 10.6 Å². The Hall–Kier alpha value is -2.70. The van der Waals surface area contributed by atoms with Crippen LogP contribution in [0.1, 0.15) is 16.7 Å². The van der Waals surface area contributed by atoms with Crippen LogP contribution in [0.4, 0.5) is 13.2 Å². The molecule has 2 aromatic rings. The lowest BCUT2D eigenvalue weighted by molar-refractivity contribution is -0.138. The van der Waals surface area contributed by atoms with Crippen molar-refractivity contribution in [2.45, 2.75) is 19.3 Å². The molecule has 0 aliphatic carbocycles. The summed E-state index contributed by atoms with van der Waals surface area (Å²) in [5, 5.41) is 5.97. The SMILES string of the molecule is CN=C(NCc1ccccc1)NCc1ccc(OC)cc1C(F)(F)F. The molecule has 134 valence electrons. The molecule has 0 aliphatic heterocycles. The number of halogens is 3. The minimum atomic E-state index is -4.45. The molecule has 4 nitrogen and oxygen atoms in total. The minimum Gasteiger partial charge on any atom is -0.497 e. The summed E-state index contributed by atoms with van der Waals surface area (Å²) < 4.78 is 44.5. The topological polar surface area (TPSA) is 45.7 Å². The van der Waals surface area contributed by atoms with Crippen molar-refractivity contribution in [3.63, 3.8) is 0 Å². The van der Waals surface area contributed by atoms with Crippen molar-refractivity contribution in [3.05, 3.63) is 65.2 Å². The van der Waals surface area contributed by atoms with Crippen LogP contribution in [0.25, 0.3) is 0 Å². The van der Waals surface area contributed by atoms with Crippen molar-refractivity contribution in [2.24, 2.45) is 4.99 Å². The molecule has 0 saturated heterocycles. The molecule has 0 aliphatic rings. The fourth-order valence-electron chi connectivity index (χ4n) is 2.28. The molecule has 7 heteroatoms. The summed E-state index contributed by atoms with van der Waals surface area (Å²) in [7, 11) is 2.90. The fraction of sp³-hybridized carbons (Fsp3) is 0.278. The van der Waals surface area contributed by atoms with Gasteiger partial charge in [0.1, 0.15) is 5.75 Å². The fourth-order valence-corrected chi connectivity index (χ4v) is 2.28. The molecule has 2 N–H and O–H groups in total. The normalized spacial score (nSPS) is 12.0. The zero-order valence-electron chi connectivity index (χ0n) is 14.0. The molecule has 0 heterocycles. The Kier molecular flexibility index (Phi) is 6.27. The summed E-state index contributed by atoms with van der Waals surface area (Å²) in [4.78, 5) is 4.03. The van der Waals surface area contributed by atoms with Gasteiger partial charge in [-0.2, -0.15) is 13.2 Å². The maximum absolute atomic E-state index is 13.2. The Morgan fingerprint density at radius 3 is 2.32 bits per heavy atom. The molecule has 25 heavy (non-hydrogen) atoms. The van der Waals surface area contributed by atoms with Gasteiger partial charge in [-0.25, -0.2) is 0 Å². The molecule has 0 unspecified atom stereocenters. The standard InChI is InChI=1S/C18H20F3N3O/c1-22-17(23-11-13-6-4-3-5-7-13)24-12-14-8-9-15(25-2)10-16(14)18(19,20)21/h3-10H,11-12H2,1-2H3,(H2,22,23,24).